The molecule has 6 aromatic rings. The van der Waals surface area contributed by atoms with Crippen LogP contribution < -0.4 is 0 Å². The standard InChI is InChI=1S/C22H12F2N8/c23-13-4-2-1-3-12(13)19-20-14(5-6-27-19)29-22(30-20)21-16-15(31-32-21)9-28-18(17(16)24)11-7-25-10-26-8-11/h1-10H,(H,29,30)(H,31,32). The number of pyridine rings is 2. The summed E-state index contributed by atoms with van der Waals surface area (Å²) in [6.07, 6.45) is 7.38. The van der Waals surface area contributed by atoms with Crippen molar-refractivity contribution in [1.29, 1.82) is 0 Å². The number of halogens is 2. The number of nitrogens with one attached hydrogen (secondary N) is 2. The number of aromatic amines is 2. The van der Waals surface area contributed by atoms with Crippen LogP contribution in [0.1, 0.15) is 0 Å². The van der Waals surface area contributed by atoms with Crippen molar-refractivity contribution < 1.29 is 8.78 Å². The van der Waals surface area contributed by atoms with Crippen LogP contribution >= 0.6 is 0 Å². The van der Waals surface area contributed by atoms with Gasteiger partial charge in [0.05, 0.1) is 22.6 Å². The Labute approximate surface area is 178 Å². The monoisotopic (exact) mass is 426 g/mol. The minimum absolute atomic E-state index is 0.102. The summed E-state index contributed by atoms with van der Waals surface area (Å²) in [4.78, 5) is 24.1. The zero-order valence-electron chi connectivity index (χ0n) is 16.2. The number of benzene rings is 1. The van der Waals surface area contributed by atoms with Gasteiger partial charge < -0.3 is 4.98 Å². The van der Waals surface area contributed by atoms with E-state index in [4.69, 9.17) is 0 Å². The van der Waals surface area contributed by atoms with Crippen LogP contribution in [-0.2, 0) is 0 Å². The van der Waals surface area contributed by atoms with Crippen LogP contribution in [0.2, 0.25) is 0 Å². The summed E-state index contributed by atoms with van der Waals surface area (Å²) in [7, 11) is 0. The molecule has 32 heavy (non-hydrogen) atoms. The number of fused-ring (bicyclic) bond motifs is 2. The minimum atomic E-state index is -0.575. The van der Waals surface area contributed by atoms with Crippen LogP contribution in [0.3, 0.4) is 0 Å². The van der Waals surface area contributed by atoms with E-state index in [1.165, 1.54) is 31.0 Å². The zero-order chi connectivity index (χ0) is 21.7. The molecule has 0 bridgehead atoms. The molecule has 0 fully saturated rings. The molecule has 6 rings (SSSR count). The van der Waals surface area contributed by atoms with Gasteiger partial charge in [0.15, 0.2) is 11.6 Å². The van der Waals surface area contributed by atoms with Gasteiger partial charge in [-0.15, -0.1) is 0 Å². The maximum atomic E-state index is 15.5. The summed E-state index contributed by atoms with van der Waals surface area (Å²) in [6.45, 7) is 0. The predicted molar refractivity (Wildman–Crippen MR) is 113 cm³/mol. The highest BCUT2D eigenvalue weighted by atomic mass is 19.1. The molecule has 0 aliphatic heterocycles. The average Bonchev–Trinajstić information content (AvgIpc) is 3.45. The van der Waals surface area contributed by atoms with E-state index in [1.54, 1.807) is 30.5 Å². The number of hydrogen-bond acceptors (Lipinski definition) is 6. The van der Waals surface area contributed by atoms with Gasteiger partial charge in [0.1, 0.15) is 34.7 Å². The second-order valence-electron chi connectivity index (χ2n) is 7.03. The Morgan fingerprint density at radius 1 is 0.812 bits per heavy atom. The molecule has 0 radical (unpaired) electrons. The number of H-pyrrole nitrogens is 2. The fourth-order valence-corrected chi connectivity index (χ4v) is 3.67. The van der Waals surface area contributed by atoms with Gasteiger partial charge in [-0.1, -0.05) is 12.1 Å². The lowest BCUT2D eigenvalue weighted by molar-refractivity contribution is 0.631. The summed E-state index contributed by atoms with van der Waals surface area (Å²) < 4.78 is 29.9. The molecule has 0 aliphatic carbocycles. The van der Waals surface area contributed by atoms with Gasteiger partial charge in [0.25, 0.3) is 0 Å². The van der Waals surface area contributed by atoms with Crippen LogP contribution in [0, 0.1) is 11.6 Å². The first-order valence-corrected chi connectivity index (χ1v) is 9.58. The fourth-order valence-electron chi connectivity index (χ4n) is 3.67. The first-order valence-electron chi connectivity index (χ1n) is 9.58. The van der Waals surface area contributed by atoms with Gasteiger partial charge in [-0.05, 0) is 18.2 Å². The Bertz CT molecular complexity index is 1610. The molecular weight excluding hydrogens is 414 g/mol. The second-order valence-corrected chi connectivity index (χ2v) is 7.03. The third kappa shape index (κ3) is 2.73. The van der Waals surface area contributed by atoms with E-state index in [0.29, 0.717) is 39.2 Å². The maximum Gasteiger partial charge on any atom is 0.161 e. The smallest absolute Gasteiger partial charge is 0.161 e. The first kappa shape index (κ1) is 18.2. The molecule has 0 amide bonds. The normalized spacial score (nSPS) is 11.4. The van der Waals surface area contributed by atoms with E-state index >= 15 is 4.39 Å². The molecule has 8 nitrogen and oxygen atoms in total. The molecular formula is C22H12F2N8. The third-order valence-electron chi connectivity index (χ3n) is 5.13. The lowest BCUT2D eigenvalue weighted by Crippen LogP contribution is -1.93. The van der Waals surface area contributed by atoms with Gasteiger partial charge in [-0.3, -0.25) is 15.1 Å². The number of aromatic nitrogens is 8. The zero-order valence-corrected chi connectivity index (χ0v) is 16.2. The molecule has 5 heterocycles. The van der Waals surface area contributed by atoms with E-state index in [0.717, 1.165) is 0 Å². The quantitative estimate of drug-likeness (QED) is 0.437. The van der Waals surface area contributed by atoms with Crippen molar-refractivity contribution >= 4 is 21.9 Å². The van der Waals surface area contributed by atoms with Crippen molar-refractivity contribution in [1.82, 2.24) is 40.1 Å². The van der Waals surface area contributed by atoms with E-state index in [1.807, 2.05) is 0 Å². The molecule has 0 unspecified atom stereocenters. The van der Waals surface area contributed by atoms with Crippen molar-refractivity contribution in [2.45, 2.75) is 0 Å². The van der Waals surface area contributed by atoms with Crippen molar-refractivity contribution in [2.75, 3.05) is 0 Å². The summed E-state index contributed by atoms with van der Waals surface area (Å²) >= 11 is 0. The first-order chi connectivity index (χ1) is 15.7. The molecule has 1 aromatic carbocycles. The third-order valence-corrected chi connectivity index (χ3v) is 5.13. The van der Waals surface area contributed by atoms with Crippen molar-refractivity contribution in [2.24, 2.45) is 0 Å². The molecule has 10 heteroatoms. The van der Waals surface area contributed by atoms with Crippen LogP contribution in [0.4, 0.5) is 8.78 Å². The summed E-state index contributed by atoms with van der Waals surface area (Å²) in [5.74, 6) is -0.666. The minimum Gasteiger partial charge on any atom is -0.336 e. The molecule has 0 spiro atoms. The predicted octanol–water partition coefficient (Wildman–Crippen LogP) is 4.30. The van der Waals surface area contributed by atoms with Gasteiger partial charge in [0.2, 0.25) is 0 Å². The highest BCUT2D eigenvalue weighted by molar-refractivity contribution is 5.97. The largest absolute Gasteiger partial charge is 0.336 e. The van der Waals surface area contributed by atoms with E-state index < -0.39 is 11.6 Å². The average molecular weight is 426 g/mol. The van der Waals surface area contributed by atoms with Gasteiger partial charge in [0, 0.05) is 29.7 Å². The lowest BCUT2D eigenvalue weighted by Gasteiger charge is -2.03. The summed E-state index contributed by atoms with van der Waals surface area (Å²) in [6, 6.07) is 8.05. The van der Waals surface area contributed by atoms with E-state index in [2.05, 4.69) is 40.1 Å². The Morgan fingerprint density at radius 2 is 1.66 bits per heavy atom. The molecule has 154 valence electrons. The fraction of sp³-hybridized carbons (Fsp3) is 0. The van der Waals surface area contributed by atoms with Gasteiger partial charge >= 0.3 is 0 Å². The Kier molecular flexibility index (Phi) is 3.97. The van der Waals surface area contributed by atoms with Crippen LogP contribution in [0.15, 0.2) is 61.4 Å². The Balaban J connectivity index is 1.56. The number of imidazole rings is 1. The van der Waals surface area contributed by atoms with Gasteiger partial charge in [-0.2, -0.15) is 5.10 Å². The number of hydrogen-bond donors (Lipinski definition) is 2. The Hall–Kier alpha value is -4.60. The highest BCUT2D eigenvalue weighted by Gasteiger charge is 2.21. The second kappa shape index (κ2) is 6.98. The number of nitrogens with zero attached hydrogens (tertiary/aromatic N) is 6. The maximum absolute atomic E-state index is 15.5. The van der Waals surface area contributed by atoms with E-state index in [-0.39, 0.29) is 16.8 Å². The molecule has 2 N–H and O–H groups in total. The van der Waals surface area contributed by atoms with Crippen LogP contribution in [-0.4, -0.2) is 40.1 Å². The van der Waals surface area contributed by atoms with E-state index in [9.17, 15) is 4.39 Å². The molecule has 0 aliphatic rings. The summed E-state index contributed by atoms with van der Waals surface area (Å²) in [5, 5.41) is 7.26. The molecule has 0 saturated carbocycles. The van der Waals surface area contributed by atoms with Crippen molar-refractivity contribution in [3.05, 3.63) is 73.1 Å². The molecule has 0 atom stereocenters. The van der Waals surface area contributed by atoms with Crippen molar-refractivity contribution in [3.8, 4) is 34.0 Å². The Morgan fingerprint density at radius 3 is 2.50 bits per heavy atom. The molecule has 5 aromatic heterocycles. The van der Waals surface area contributed by atoms with Crippen LogP contribution in [0.5, 0.6) is 0 Å². The molecule has 0 saturated heterocycles. The van der Waals surface area contributed by atoms with Gasteiger partial charge in [-0.25, -0.2) is 23.7 Å². The SMILES string of the molecule is Fc1ccccc1-c1nccc2[nH]c(-c3n[nH]c4cnc(-c5cncnc5)c(F)c34)nc12. The van der Waals surface area contributed by atoms with Crippen LogP contribution in [0.25, 0.3) is 56.0 Å². The van der Waals surface area contributed by atoms with Crippen molar-refractivity contribution in [3.63, 3.8) is 0 Å². The topological polar surface area (TPSA) is 109 Å². The summed E-state index contributed by atoms with van der Waals surface area (Å²) in [5.41, 5.74) is 3.00. The lowest BCUT2D eigenvalue weighted by atomic mass is 10.1. The number of rotatable bonds is 3. The highest BCUT2D eigenvalue weighted by Crippen LogP contribution is 2.34.